The summed E-state index contributed by atoms with van der Waals surface area (Å²) in [6.07, 6.45) is 5.81. The van der Waals surface area contributed by atoms with Crippen molar-refractivity contribution in [2.24, 2.45) is 5.92 Å². The number of rotatable bonds is 2. The molecule has 3 rings (SSSR count). The molecule has 1 aliphatic carbocycles. The van der Waals surface area contributed by atoms with Crippen molar-refractivity contribution < 1.29 is 4.79 Å². The summed E-state index contributed by atoms with van der Waals surface area (Å²) in [5.74, 6) is 1.82. The molecule has 0 bridgehead atoms. The molecule has 2 aliphatic rings. The monoisotopic (exact) mass is 289 g/mol. The zero-order valence-corrected chi connectivity index (χ0v) is 12.8. The molecule has 0 N–H and O–H groups in total. The third kappa shape index (κ3) is 3.20. The molecule has 2 nitrogen and oxygen atoms in total. The van der Waals surface area contributed by atoms with E-state index in [4.69, 9.17) is 0 Å². The molecule has 3 heteroatoms. The molecule has 1 aromatic rings. The number of benzene rings is 1. The van der Waals surface area contributed by atoms with E-state index in [0.29, 0.717) is 17.1 Å². The predicted molar refractivity (Wildman–Crippen MR) is 84.8 cm³/mol. The number of amides is 1. The second-order valence-corrected chi connectivity index (χ2v) is 7.18. The van der Waals surface area contributed by atoms with Crippen LogP contribution in [0.1, 0.15) is 42.9 Å². The van der Waals surface area contributed by atoms with Crippen molar-refractivity contribution in [3.05, 3.63) is 35.9 Å². The van der Waals surface area contributed by atoms with Gasteiger partial charge in [-0.1, -0.05) is 43.2 Å². The van der Waals surface area contributed by atoms with Crippen LogP contribution in [0.15, 0.2) is 30.3 Å². The molecule has 1 aromatic carbocycles. The fourth-order valence-corrected chi connectivity index (χ4v) is 4.59. The van der Waals surface area contributed by atoms with Crippen molar-refractivity contribution in [1.82, 2.24) is 4.90 Å². The van der Waals surface area contributed by atoms with Gasteiger partial charge in [0.15, 0.2) is 0 Å². The number of carbonyl (C=O) groups is 1. The first kappa shape index (κ1) is 14.0. The third-order valence-corrected chi connectivity index (χ3v) is 5.86. The van der Waals surface area contributed by atoms with Gasteiger partial charge in [-0.25, -0.2) is 0 Å². The molecule has 0 aromatic heterocycles. The number of hydrogen-bond acceptors (Lipinski definition) is 2. The summed E-state index contributed by atoms with van der Waals surface area (Å²) < 4.78 is 0. The lowest BCUT2D eigenvalue weighted by atomic mass is 10.1. The summed E-state index contributed by atoms with van der Waals surface area (Å²) in [5.41, 5.74) is 1.41. The largest absolute Gasteiger partial charge is 0.342 e. The number of carbonyl (C=O) groups excluding carboxylic acids is 1. The van der Waals surface area contributed by atoms with E-state index in [-0.39, 0.29) is 0 Å². The highest BCUT2D eigenvalue weighted by atomic mass is 32.2. The van der Waals surface area contributed by atoms with Crippen molar-refractivity contribution >= 4 is 17.7 Å². The zero-order valence-electron chi connectivity index (χ0n) is 12.0. The second-order valence-electron chi connectivity index (χ2n) is 5.87. The van der Waals surface area contributed by atoms with Gasteiger partial charge in [-0.15, -0.1) is 0 Å². The lowest BCUT2D eigenvalue weighted by Gasteiger charge is -2.23. The van der Waals surface area contributed by atoms with Crippen LogP contribution in [-0.2, 0) is 4.79 Å². The Hall–Kier alpha value is -0.960. The summed E-state index contributed by atoms with van der Waals surface area (Å²) in [5, 5.41) is 0.553. The first-order valence-electron chi connectivity index (χ1n) is 7.80. The fourth-order valence-electron chi connectivity index (χ4n) is 3.36. The van der Waals surface area contributed by atoms with E-state index in [9.17, 15) is 4.79 Å². The van der Waals surface area contributed by atoms with Gasteiger partial charge in [-0.3, -0.25) is 4.79 Å². The Labute approximate surface area is 125 Å². The maximum atomic E-state index is 12.5. The third-order valence-electron chi connectivity index (χ3n) is 4.53. The first-order valence-corrected chi connectivity index (χ1v) is 8.85. The van der Waals surface area contributed by atoms with Gasteiger partial charge in [0.2, 0.25) is 5.91 Å². The van der Waals surface area contributed by atoms with Gasteiger partial charge < -0.3 is 4.90 Å². The normalized spacial score (nSPS) is 24.6. The average Bonchev–Trinajstić information content (AvgIpc) is 2.92. The van der Waals surface area contributed by atoms with E-state index < -0.39 is 0 Å². The standard InChI is InChI=1S/C17H23NOS/c19-17(15-8-4-5-9-15)18-11-10-16(20-13-12-18)14-6-2-1-3-7-14/h1-3,6-7,15-16H,4-5,8-13H2. The Morgan fingerprint density at radius 3 is 2.55 bits per heavy atom. The maximum absolute atomic E-state index is 12.5. The van der Waals surface area contributed by atoms with Crippen LogP contribution >= 0.6 is 11.8 Å². The number of thioether (sulfide) groups is 1. The minimum Gasteiger partial charge on any atom is -0.342 e. The smallest absolute Gasteiger partial charge is 0.225 e. The van der Waals surface area contributed by atoms with Crippen LogP contribution in [0.5, 0.6) is 0 Å². The van der Waals surface area contributed by atoms with Crippen LogP contribution in [0.2, 0.25) is 0 Å². The lowest BCUT2D eigenvalue weighted by Crippen LogP contribution is -2.36. The molecule has 1 aliphatic heterocycles. The maximum Gasteiger partial charge on any atom is 0.225 e. The Balaban J connectivity index is 1.60. The molecule has 0 radical (unpaired) electrons. The topological polar surface area (TPSA) is 20.3 Å². The molecule has 0 spiro atoms. The van der Waals surface area contributed by atoms with E-state index in [1.165, 1.54) is 18.4 Å². The van der Waals surface area contributed by atoms with Crippen molar-refractivity contribution in [2.45, 2.75) is 37.4 Å². The van der Waals surface area contributed by atoms with Crippen LogP contribution in [0.3, 0.4) is 0 Å². The van der Waals surface area contributed by atoms with Gasteiger partial charge in [0.25, 0.3) is 0 Å². The minimum atomic E-state index is 0.327. The number of nitrogens with zero attached hydrogens (tertiary/aromatic N) is 1. The van der Waals surface area contributed by atoms with Gasteiger partial charge in [-0.05, 0) is 24.8 Å². The summed E-state index contributed by atoms with van der Waals surface area (Å²) in [4.78, 5) is 14.6. The molecule has 1 atom stereocenters. The van der Waals surface area contributed by atoms with Crippen molar-refractivity contribution in [2.75, 3.05) is 18.8 Å². The molecular formula is C17H23NOS. The van der Waals surface area contributed by atoms with Crippen molar-refractivity contribution in [3.63, 3.8) is 0 Å². The predicted octanol–water partition coefficient (Wildman–Crippen LogP) is 3.88. The highest BCUT2D eigenvalue weighted by Crippen LogP contribution is 2.35. The van der Waals surface area contributed by atoms with Gasteiger partial charge in [-0.2, -0.15) is 11.8 Å². The molecule has 1 amide bonds. The van der Waals surface area contributed by atoms with Crippen molar-refractivity contribution in [3.8, 4) is 0 Å². The molecule has 108 valence electrons. The SMILES string of the molecule is O=C(C1CCCC1)N1CCSC(c2ccccc2)CC1. The Kier molecular flexibility index (Phi) is 4.66. The molecule has 1 saturated carbocycles. The summed E-state index contributed by atoms with van der Waals surface area (Å²) in [7, 11) is 0. The van der Waals surface area contributed by atoms with E-state index in [0.717, 1.165) is 38.1 Å². The second kappa shape index (κ2) is 6.66. The van der Waals surface area contributed by atoms with Gasteiger partial charge in [0.05, 0.1) is 0 Å². The molecule has 1 saturated heterocycles. The quantitative estimate of drug-likeness (QED) is 0.823. The fraction of sp³-hybridized carbons (Fsp3) is 0.588. The highest BCUT2D eigenvalue weighted by molar-refractivity contribution is 7.99. The van der Waals surface area contributed by atoms with E-state index in [2.05, 4.69) is 35.2 Å². The zero-order chi connectivity index (χ0) is 13.8. The summed E-state index contributed by atoms with van der Waals surface area (Å²) in [6.45, 7) is 1.87. The van der Waals surface area contributed by atoms with Crippen LogP contribution in [0, 0.1) is 5.92 Å². The molecular weight excluding hydrogens is 266 g/mol. The first-order chi connectivity index (χ1) is 9.84. The number of hydrogen-bond donors (Lipinski definition) is 0. The Bertz CT molecular complexity index is 442. The highest BCUT2D eigenvalue weighted by Gasteiger charge is 2.29. The van der Waals surface area contributed by atoms with E-state index >= 15 is 0 Å². The van der Waals surface area contributed by atoms with Crippen LogP contribution in [-0.4, -0.2) is 29.6 Å². The van der Waals surface area contributed by atoms with Gasteiger partial charge in [0.1, 0.15) is 0 Å². The molecule has 1 heterocycles. The van der Waals surface area contributed by atoms with Crippen LogP contribution < -0.4 is 0 Å². The van der Waals surface area contributed by atoms with Crippen LogP contribution in [0.25, 0.3) is 0 Å². The summed E-state index contributed by atoms with van der Waals surface area (Å²) >= 11 is 2.01. The minimum absolute atomic E-state index is 0.327. The van der Waals surface area contributed by atoms with E-state index in [1.54, 1.807) is 0 Å². The lowest BCUT2D eigenvalue weighted by molar-refractivity contribution is -0.135. The van der Waals surface area contributed by atoms with Crippen molar-refractivity contribution in [1.29, 1.82) is 0 Å². The molecule has 20 heavy (non-hydrogen) atoms. The van der Waals surface area contributed by atoms with Crippen LogP contribution in [0.4, 0.5) is 0 Å². The average molecular weight is 289 g/mol. The summed E-state index contributed by atoms with van der Waals surface area (Å²) in [6, 6.07) is 10.7. The molecule has 2 fully saturated rings. The Morgan fingerprint density at radius 1 is 1.05 bits per heavy atom. The van der Waals surface area contributed by atoms with Gasteiger partial charge >= 0.3 is 0 Å². The Morgan fingerprint density at radius 2 is 1.80 bits per heavy atom. The van der Waals surface area contributed by atoms with E-state index in [1.807, 2.05) is 11.8 Å². The molecule has 1 unspecified atom stereocenters. The van der Waals surface area contributed by atoms with Gasteiger partial charge in [0, 0.05) is 30.0 Å².